The van der Waals surface area contributed by atoms with E-state index >= 15 is 0 Å². The first-order valence-corrected chi connectivity index (χ1v) is 5.75. The lowest BCUT2D eigenvalue weighted by atomic mass is 10.4. The Labute approximate surface area is 89.7 Å². The Balaban J connectivity index is 2.61. The summed E-state index contributed by atoms with van der Waals surface area (Å²) in [5.74, 6) is -1.11. The third kappa shape index (κ3) is 3.79. The maximum absolute atomic E-state index is 12.5. The molecule has 0 aliphatic carbocycles. The zero-order valence-electron chi connectivity index (χ0n) is 8.23. The fraction of sp³-hybridized carbons (Fsp3) is 0.300. The topological polar surface area (TPSA) is 43.4 Å². The van der Waals surface area contributed by atoms with E-state index < -0.39 is 22.6 Å². The number of hydrogen-bond donors (Lipinski definition) is 0. The third-order valence-electron chi connectivity index (χ3n) is 1.63. The molecule has 0 bridgehead atoms. The molecule has 82 valence electrons. The summed E-state index contributed by atoms with van der Waals surface area (Å²) in [6.45, 7) is 1.94. The van der Waals surface area contributed by atoms with E-state index in [2.05, 4.69) is 4.74 Å². The maximum Gasteiger partial charge on any atom is 0.318 e. The zero-order valence-corrected chi connectivity index (χ0v) is 9.05. The van der Waals surface area contributed by atoms with Gasteiger partial charge < -0.3 is 4.74 Å². The van der Waals surface area contributed by atoms with E-state index in [9.17, 15) is 13.4 Å². The van der Waals surface area contributed by atoms with E-state index in [-0.39, 0.29) is 12.4 Å². The molecule has 0 heterocycles. The van der Waals surface area contributed by atoms with Crippen molar-refractivity contribution in [2.45, 2.75) is 11.8 Å². The van der Waals surface area contributed by atoms with Crippen LogP contribution in [0.3, 0.4) is 0 Å². The minimum atomic E-state index is -1.46. The summed E-state index contributed by atoms with van der Waals surface area (Å²) in [7, 11) is -1.46. The van der Waals surface area contributed by atoms with Gasteiger partial charge in [-0.2, -0.15) is 0 Å². The van der Waals surface area contributed by atoms with Crippen LogP contribution >= 0.6 is 0 Å². The van der Waals surface area contributed by atoms with Crippen molar-refractivity contribution < 1.29 is 18.1 Å². The summed E-state index contributed by atoms with van der Waals surface area (Å²) < 4.78 is 28.7. The minimum absolute atomic E-state index is 0.195. The molecule has 0 amide bonds. The number of ether oxygens (including phenoxy) is 1. The van der Waals surface area contributed by atoms with Crippen LogP contribution in [0, 0.1) is 5.82 Å². The average Bonchev–Trinajstić information content (AvgIpc) is 2.18. The molecule has 1 rings (SSSR count). The average molecular weight is 230 g/mol. The van der Waals surface area contributed by atoms with Gasteiger partial charge in [-0.1, -0.05) is 0 Å². The second-order valence-electron chi connectivity index (χ2n) is 2.75. The molecule has 3 nitrogen and oxygen atoms in total. The molecule has 0 N–H and O–H groups in total. The molecule has 0 aliphatic heterocycles. The van der Waals surface area contributed by atoms with Crippen LogP contribution < -0.4 is 0 Å². The molecule has 0 aliphatic rings. The van der Waals surface area contributed by atoms with Crippen LogP contribution in [0.2, 0.25) is 0 Å². The number of esters is 1. The smallest absolute Gasteiger partial charge is 0.318 e. The molecule has 5 heteroatoms. The standard InChI is InChI=1S/C10H11FO3S/c1-2-14-10(12)7-15(13)9-5-3-8(11)4-6-9/h3-6H,2,7H2,1H3. The summed E-state index contributed by atoms with van der Waals surface area (Å²) >= 11 is 0. The Morgan fingerprint density at radius 3 is 2.53 bits per heavy atom. The molecule has 0 aromatic heterocycles. The number of carbonyl (C=O) groups excluding carboxylic acids is 1. The molecular weight excluding hydrogens is 219 g/mol. The van der Waals surface area contributed by atoms with Crippen molar-refractivity contribution in [3.05, 3.63) is 30.1 Å². The van der Waals surface area contributed by atoms with Crippen LogP contribution in [-0.4, -0.2) is 22.5 Å². The lowest BCUT2D eigenvalue weighted by Crippen LogP contribution is -2.14. The minimum Gasteiger partial charge on any atom is -0.465 e. The summed E-state index contributed by atoms with van der Waals surface area (Å²) in [6, 6.07) is 5.20. The Hall–Kier alpha value is -1.23. The van der Waals surface area contributed by atoms with Crippen molar-refractivity contribution >= 4 is 16.8 Å². The van der Waals surface area contributed by atoms with Crippen LogP contribution in [0.25, 0.3) is 0 Å². The van der Waals surface area contributed by atoms with E-state index in [1.165, 1.54) is 24.3 Å². The van der Waals surface area contributed by atoms with Crippen molar-refractivity contribution in [2.24, 2.45) is 0 Å². The van der Waals surface area contributed by atoms with Crippen molar-refractivity contribution in [3.63, 3.8) is 0 Å². The third-order valence-corrected chi connectivity index (χ3v) is 2.93. The molecule has 0 saturated carbocycles. The highest BCUT2D eigenvalue weighted by Gasteiger charge is 2.10. The Morgan fingerprint density at radius 1 is 1.40 bits per heavy atom. The molecule has 1 unspecified atom stereocenters. The molecule has 0 fully saturated rings. The number of carbonyl (C=O) groups is 1. The molecule has 15 heavy (non-hydrogen) atoms. The van der Waals surface area contributed by atoms with Gasteiger partial charge in [0.1, 0.15) is 11.6 Å². The normalized spacial score (nSPS) is 12.1. The highest BCUT2D eigenvalue weighted by atomic mass is 32.2. The quantitative estimate of drug-likeness (QED) is 0.736. The van der Waals surface area contributed by atoms with Crippen LogP contribution in [0.5, 0.6) is 0 Å². The highest BCUT2D eigenvalue weighted by Crippen LogP contribution is 2.08. The first kappa shape index (κ1) is 11.8. The second kappa shape index (κ2) is 5.60. The number of benzene rings is 1. The van der Waals surface area contributed by atoms with E-state index in [1.54, 1.807) is 6.92 Å². The molecule has 1 aromatic rings. The predicted molar refractivity (Wildman–Crippen MR) is 54.3 cm³/mol. The van der Waals surface area contributed by atoms with Gasteiger partial charge in [-0.15, -0.1) is 0 Å². The summed E-state index contributed by atoms with van der Waals surface area (Å²) in [5.41, 5.74) is 0. The summed E-state index contributed by atoms with van der Waals surface area (Å²) in [5, 5.41) is 0. The second-order valence-corrected chi connectivity index (χ2v) is 4.20. The van der Waals surface area contributed by atoms with E-state index in [0.717, 1.165) is 0 Å². The fourth-order valence-electron chi connectivity index (χ4n) is 0.979. The predicted octanol–water partition coefficient (Wildman–Crippen LogP) is 1.50. The Bertz CT molecular complexity index is 361. The van der Waals surface area contributed by atoms with Crippen molar-refractivity contribution in [1.82, 2.24) is 0 Å². The van der Waals surface area contributed by atoms with Crippen molar-refractivity contribution in [3.8, 4) is 0 Å². The fourth-order valence-corrected chi connectivity index (χ4v) is 1.88. The SMILES string of the molecule is CCOC(=O)CS(=O)c1ccc(F)cc1. The van der Waals surface area contributed by atoms with Gasteiger partial charge in [0.25, 0.3) is 0 Å². The van der Waals surface area contributed by atoms with E-state index in [0.29, 0.717) is 4.90 Å². The highest BCUT2D eigenvalue weighted by molar-refractivity contribution is 7.85. The monoisotopic (exact) mass is 230 g/mol. The lowest BCUT2D eigenvalue weighted by Gasteiger charge is -2.02. The summed E-state index contributed by atoms with van der Waals surface area (Å²) in [6.07, 6.45) is 0. The number of rotatable bonds is 4. The van der Waals surface area contributed by atoms with Crippen molar-refractivity contribution in [1.29, 1.82) is 0 Å². The number of halogens is 1. The first-order valence-electron chi connectivity index (χ1n) is 4.43. The molecule has 1 atom stereocenters. The van der Waals surface area contributed by atoms with Gasteiger partial charge in [0, 0.05) is 4.90 Å². The van der Waals surface area contributed by atoms with Gasteiger partial charge in [-0.3, -0.25) is 9.00 Å². The Morgan fingerprint density at radius 2 is 2.00 bits per heavy atom. The zero-order chi connectivity index (χ0) is 11.3. The van der Waals surface area contributed by atoms with Gasteiger partial charge in [-0.25, -0.2) is 4.39 Å². The van der Waals surface area contributed by atoms with Gasteiger partial charge in [0.15, 0.2) is 0 Å². The van der Waals surface area contributed by atoms with E-state index in [4.69, 9.17) is 0 Å². The molecule has 1 aromatic carbocycles. The number of hydrogen-bond acceptors (Lipinski definition) is 3. The van der Waals surface area contributed by atoms with Crippen LogP contribution in [0.15, 0.2) is 29.2 Å². The van der Waals surface area contributed by atoms with Gasteiger partial charge in [0.05, 0.1) is 17.4 Å². The van der Waals surface area contributed by atoms with E-state index in [1.807, 2.05) is 0 Å². The summed E-state index contributed by atoms with van der Waals surface area (Å²) in [4.78, 5) is 11.4. The molecule has 0 spiro atoms. The van der Waals surface area contributed by atoms with Crippen LogP contribution in [0.4, 0.5) is 4.39 Å². The largest absolute Gasteiger partial charge is 0.465 e. The van der Waals surface area contributed by atoms with Gasteiger partial charge in [-0.05, 0) is 31.2 Å². The molecular formula is C10H11FO3S. The first-order chi connectivity index (χ1) is 7.13. The van der Waals surface area contributed by atoms with Crippen molar-refractivity contribution in [2.75, 3.05) is 12.4 Å². The van der Waals surface area contributed by atoms with Crippen LogP contribution in [0.1, 0.15) is 6.92 Å². The molecule has 0 radical (unpaired) electrons. The maximum atomic E-state index is 12.5. The lowest BCUT2D eigenvalue weighted by molar-refractivity contribution is -0.139. The molecule has 0 saturated heterocycles. The Kier molecular flexibility index (Phi) is 4.42. The van der Waals surface area contributed by atoms with Gasteiger partial charge in [0.2, 0.25) is 0 Å². The van der Waals surface area contributed by atoms with Gasteiger partial charge >= 0.3 is 5.97 Å². The van der Waals surface area contributed by atoms with Crippen LogP contribution in [-0.2, 0) is 20.3 Å².